The van der Waals surface area contributed by atoms with E-state index in [1.165, 1.54) is 6.92 Å². The van der Waals surface area contributed by atoms with Gasteiger partial charge in [-0.25, -0.2) is 0 Å². The topological polar surface area (TPSA) is 87.0 Å². The molecule has 74 valence electrons. The van der Waals surface area contributed by atoms with Crippen LogP contribution in [0.5, 0.6) is 0 Å². The first-order valence-electron chi connectivity index (χ1n) is 3.58. The Labute approximate surface area is 71.6 Å². The number of ether oxygens (including phenoxy) is 1. The van der Waals surface area contributed by atoms with E-state index in [2.05, 4.69) is 4.74 Å². The molecule has 0 bridgehead atoms. The molecule has 0 atom stereocenters. The number of carbonyl (C=O) groups excluding carboxylic acids is 1. The van der Waals surface area contributed by atoms with Crippen LogP contribution in [0.15, 0.2) is 0 Å². The maximum atomic E-state index is 10.1. The van der Waals surface area contributed by atoms with Gasteiger partial charge >= 0.3 is 0 Å². The summed E-state index contributed by atoms with van der Waals surface area (Å²) in [5.74, 6) is -0.0153. The normalized spacial score (nSPS) is 8.67. The van der Waals surface area contributed by atoms with E-state index in [4.69, 9.17) is 15.3 Å². The lowest BCUT2D eigenvalue weighted by molar-refractivity contribution is -0.121. The highest BCUT2D eigenvalue weighted by Crippen LogP contribution is 1.73. The molecule has 0 aromatic carbocycles. The molecule has 0 aliphatic carbocycles. The number of carbonyl (C=O) groups is 1. The van der Waals surface area contributed by atoms with Gasteiger partial charge in [0.15, 0.2) is 5.78 Å². The highest BCUT2D eigenvalue weighted by atomic mass is 16.5. The molecule has 0 fully saturated rings. The molecule has 12 heavy (non-hydrogen) atoms. The fraction of sp³-hybridized carbons (Fsp3) is 0.857. The summed E-state index contributed by atoms with van der Waals surface area (Å²) in [5, 5.41) is 23.4. The number of ketones is 1. The van der Waals surface area contributed by atoms with E-state index in [9.17, 15) is 4.79 Å². The number of hydrogen-bond acceptors (Lipinski definition) is 5. The van der Waals surface area contributed by atoms with Gasteiger partial charge in [0.2, 0.25) is 0 Å². The van der Waals surface area contributed by atoms with Crippen molar-refractivity contribution >= 4 is 5.78 Å². The van der Waals surface area contributed by atoms with Crippen LogP contribution in [0.1, 0.15) is 6.92 Å². The van der Waals surface area contributed by atoms with Gasteiger partial charge in [-0.2, -0.15) is 0 Å². The number of aliphatic hydroxyl groups excluding tert-OH is 3. The van der Waals surface area contributed by atoms with Gasteiger partial charge in [0, 0.05) is 0 Å². The van der Waals surface area contributed by atoms with Gasteiger partial charge in [-0.05, 0) is 6.92 Å². The van der Waals surface area contributed by atoms with Crippen molar-refractivity contribution in [2.24, 2.45) is 0 Å². The zero-order chi connectivity index (χ0) is 9.82. The third kappa shape index (κ3) is 22.7. The summed E-state index contributed by atoms with van der Waals surface area (Å²) in [6.45, 7) is 1.53. The van der Waals surface area contributed by atoms with E-state index in [1.54, 1.807) is 0 Å². The fourth-order valence-electron chi connectivity index (χ4n) is 0.280. The maximum Gasteiger partial charge on any atom is 0.155 e. The first-order valence-corrected chi connectivity index (χ1v) is 3.58. The lowest BCUT2D eigenvalue weighted by atomic mass is 10.5. The Hall–Kier alpha value is -0.490. The fourth-order valence-corrected chi connectivity index (χ4v) is 0.280. The molecule has 0 heterocycles. The largest absolute Gasteiger partial charge is 0.394 e. The zero-order valence-corrected chi connectivity index (χ0v) is 7.19. The van der Waals surface area contributed by atoms with E-state index in [0.29, 0.717) is 0 Å². The van der Waals surface area contributed by atoms with Gasteiger partial charge in [-0.3, -0.25) is 4.79 Å². The molecule has 0 aliphatic rings. The molecule has 0 rings (SSSR count). The minimum absolute atomic E-state index is 0.0153. The first-order chi connectivity index (χ1) is 5.68. The quantitative estimate of drug-likeness (QED) is 0.451. The van der Waals surface area contributed by atoms with Gasteiger partial charge in [-0.1, -0.05) is 0 Å². The van der Waals surface area contributed by atoms with Crippen molar-refractivity contribution in [2.75, 3.05) is 33.0 Å². The minimum Gasteiger partial charge on any atom is -0.394 e. The average molecular weight is 180 g/mol. The molecule has 0 spiro atoms. The molecule has 0 radical (unpaired) electrons. The molecule has 0 unspecified atom stereocenters. The second-order valence-corrected chi connectivity index (χ2v) is 1.93. The summed E-state index contributed by atoms with van der Waals surface area (Å²) in [5.41, 5.74) is 0. The summed E-state index contributed by atoms with van der Waals surface area (Å²) < 4.78 is 4.64. The molecule has 0 aliphatic heterocycles. The Bertz CT molecular complexity index is 91.8. The minimum atomic E-state index is -0.125. The highest BCUT2D eigenvalue weighted by molar-refractivity contribution is 5.76. The van der Waals surface area contributed by atoms with E-state index >= 15 is 0 Å². The molecular formula is C7H16O5. The standard InChI is InChI=1S/C5H10O3.C2H6O2/c1-5(7)4-8-3-2-6;3-1-2-4/h6H,2-4H2,1H3;3-4H,1-2H2. The second kappa shape index (κ2) is 13.1. The molecule has 5 nitrogen and oxygen atoms in total. The number of hydrogen-bond donors (Lipinski definition) is 3. The third-order valence-corrected chi connectivity index (χ3v) is 0.641. The van der Waals surface area contributed by atoms with Crippen molar-refractivity contribution in [1.82, 2.24) is 0 Å². The van der Waals surface area contributed by atoms with Gasteiger partial charge in [0.05, 0.1) is 26.4 Å². The Morgan fingerprint density at radius 3 is 1.92 bits per heavy atom. The van der Waals surface area contributed by atoms with Crippen LogP contribution in [0, 0.1) is 0 Å². The SMILES string of the molecule is CC(=O)COCCO.OCCO. The highest BCUT2D eigenvalue weighted by Gasteiger charge is 1.89. The predicted octanol–water partition coefficient (Wildman–Crippen LogP) is -1.44. The molecule has 0 aromatic rings. The Morgan fingerprint density at radius 1 is 1.17 bits per heavy atom. The van der Waals surface area contributed by atoms with Crippen molar-refractivity contribution in [3.8, 4) is 0 Å². The molecule has 0 amide bonds. The van der Waals surface area contributed by atoms with E-state index in [-0.39, 0.29) is 38.8 Å². The molecule has 0 saturated heterocycles. The van der Waals surface area contributed by atoms with Gasteiger partial charge in [0.1, 0.15) is 6.61 Å². The Morgan fingerprint density at radius 2 is 1.67 bits per heavy atom. The van der Waals surface area contributed by atoms with Crippen molar-refractivity contribution in [1.29, 1.82) is 0 Å². The van der Waals surface area contributed by atoms with Crippen LogP contribution in [0.3, 0.4) is 0 Å². The van der Waals surface area contributed by atoms with Gasteiger partial charge in [-0.15, -0.1) is 0 Å². The summed E-state index contributed by atoms with van der Waals surface area (Å²) in [7, 11) is 0. The molecule has 3 N–H and O–H groups in total. The van der Waals surface area contributed by atoms with Crippen molar-refractivity contribution in [3.05, 3.63) is 0 Å². The molecule has 0 saturated carbocycles. The van der Waals surface area contributed by atoms with Crippen LogP contribution in [0.25, 0.3) is 0 Å². The van der Waals surface area contributed by atoms with Crippen LogP contribution in [0.2, 0.25) is 0 Å². The summed E-state index contributed by atoms with van der Waals surface area (Å²) in [6, 6.07) is 0. The van der Waals surface area contributed by atoms with Crippen LogP contribution in [-0.2, 0) is 9.53 Å². The summed E-state index contributed by atoms with van der Waals surface area (Å²) >= 11 is 0. The lowest BCUT2D eigenvalue weighted by Crippen LogP contribution is -2.06. The number of Topliss-reactive ketones (excluding diaryl/α,β-unsaturated/α-hetero) is 1. The average Bonchev–Trinajstić information content (AvgIpc) is 2.05. The second-order valence-electron chi connectivity index (χ2n) is 1.93. The molecule has 5 heteroatoms. The van der Waals surface area contributed by atoms with Crippen LogP contribution in [0.4, 0.5) is 0 Å². The van der Waals surface area contributed by atoms with E-state index in [0.717, 1.165) is 0 Å². The predicted molar refractivity (Wildman–Crippen MR) is 42.8 cm³/mol. The van der Waals surface area contributed by atoms with Gasteiger partial charge in [0.25, 0.3) is 0 Å². The lowest BCUT2D eigenvalue weighted by Gasteiger charge is -1.94. The smallest absolute Gasteiger partial charge is 0.155 e. The van der Waals surface area contributed by atoms with E-state index in [1.807, 2.05) is 0 Å². The van der Waals surface area contributed by atoms with Crippen molar-refractivity contribution in [2.45, 2.75) is 6.92 Å². The van der Waals surface area contributed by atoms with Crippen LogP contribution >= 0.6 is 0 Å². The Balaban J connectivity index is 0. The van der Waals surface area contributed by atoms with Crippen LogP contribution < -0.4 is 0 Å². The third-order valence-electron chi connectivity index (χ3n) is 0.641. The first kappa shape index (κ1) is 14.1. The number of rotatable bonds is 5. The van der Waals surface area contributed by atoms with Crippen LogP contribution in [-0.4, -0.2) is 54.1 Å². The van der Waals surface area contributed by atoms with E-state index < -0.39 is 0 Å². The number of aliphatic hydroxyl groups is 3. The Kier molecular flexibility index (Phi) is 15.4. The molecule has 0 aromatic heterocycles. The molecular weight excluding hydrogens is 164 g/mol. The monoisotopic (exact) mass is 180 g/mol. The maximum absolute atomic E-state index is 10.1. The van der Waals surface area contributed by atoms with Crippen molar-refractivity contribution < 1.29 is 24.9 Å². The van der Waals surface area contributed by atoms with Gasteiger partial charge < -0.3 is 20.1 Å². The van der Waals surface area contributed by atoms with Crippen molar-refractivity contribution in [3.63, 3.8) is 0 Å². The zero-order valence-electron chi connectivity index (χ0n) is 7.19. The summed E-state index contributed by atoms with van der Waals surface area (Å²) in [4.78, 5) is 10.1. The summed E-state index contributed by atoms with van der Waals surface area (Å²) in [6.07, 6.45) is 0.